The van der Waals surface area contributed by atoms with Crippen molar-refractivity contribution in [1.29, 1.82) is 0 Å². The summed E-state index contributed by atoms with van der Waals surface area (Å²) in [5.74, 6) is -1.41. The number of hydrogen-bond donors (Lipinski definition) is 2. The second-order valence-corrected chi connectivity index (χ2v) is 3.83. The number of rotatable bonds is 2. The van der Waals surface area contributed by atoms with Crippen molar-refractivity contribution < 1.29 is 15.0 Å². The molecule has 2 N–H and O–H groups in total. The summed E-state index contributed by atoms with van der Waals surface area (Å²) in [6.07, 6.45) is 2.86. The minimum absolute atomic E-state index is 0.124. The smallest absolute Gasteiger partial charge is 0.306 e. The van der Waals surface area contributed by atoms with Gasteiger partial charge in [0.05, 0.1) is 12.0 Å². The average Bonchev–Trinajstić information content (AvgIpc) is 2.03. The summed E-state index contributed by atoms with van der Waals surface area (Å²) in [6, 6.07) is 0. The third kappa shape index (κ3) is 2.31. The maximum absolute atomic E-state index is 10.7. The Morgan fingerprint density at radius 2 is 2.31 bits per heavy atom. The van der Waals surface area contributed by atoms with Gasteiger partial charge in [-0.1, -0.05) is 18.6 Å². The van der Waals surface area contributed by atoms with Gasteiger partial charge in [-0.05, 0) is 19.8 Å². The lowest BCUT2D eigenvalue weighted by Crippen LogP contribution is -2.32. The van der Waals surface area contributed by atoms with Crippen molar-refractivity contribution in [3.8, 4) is 0 Å². The Bertz CT molecular complexity index is 232. The van der Waals surface area contributed by atoms with Crippen LogP contribution in [0.3, 0.4) is 0 Å². The van der Waals surface area contributed by atoms with Gasteiger partial charge < -0.3 is 10.2 Å². The lowest BCUT2D eigenvalue weighted by Gasteiger charge is -2.28. The molecule has 0 saturated heterocycles. The van der Waals surface area contributed by atoms with E-state index in [4.69, 9.17) is 5.11 Å². The summed E-state index contributed by atoms with van der Waals surface area (Å²) < 4.78 is 0. The molecule has 0 saturated carbocycles. The largest absolute Gasteiger partial charge is 0.481 e. The normalized spacial score (nSPS) is 30.8. The van der Waals surface area contributed by atoms with Gasteiger partial charge in [0.15, 0.2) is 0 Å². The molecule has 0 aliphatic heterocycles. The first-order valence-electron chi connectivity index (χ1n) is 4.60. The molecule has 3 nitrogen and oxygen atoms in total. The highest BCUT2D eigenvalue weighted by Crippen LogP contribution is 2.29. The van der Waals surface area contributed by atoms with Gasteiger partial charge in [-0.25, -0.2) is 0 Å². The van der Waals surface area contributed by atoms with Crippen molar-refractivity contribution in [2.24, 2.45) is 11.8 Å². The van der Waals surface area contributed by atoms with Crippen molar-refractivity contribution in [3.05, 3.63) is 11.6 Å². The number of hydrogen-bond acceptors (Lipinski definition) is 2. The molecule has 0 fully saturated rings. The summed E-state index contributed by atoms with van der Waals surface area (Å²) in [5.41, 5.74) is 1.15. The second-order valence-electron chi connectivity index (χ2n) is 3.83. The van der Waals surface area contributed by atoms with Crippen molar-refractivity contribution in [2.45, 2.75) is 32.8 Å². The molecule has 0 heterocycles. The third-order valence-electron chi connectivity index (χ3n) is 2.80. The quantitative estimate of drug-likeness (QED) is 0.638. The minimum atomic E-state index is -0.822. The van der Waals surface area contributed by atoms with Crippen LogP contribution in [0.2, 0.25) is 0 Å². The van der Waals surface area contributed by atoms with Crippen LogP contribution in [0.4, 0.5) is 0 Å². The van der Waals surface area contributed by atoms with E-state index in [-0.39, 0.29) is 5.92 Å². The van der Waals surface area contributed by atoms with E-state index in [9.17, 15) is 9.90 Å². The van der Waals surface area contributed by atoms with Crippen LogP contribution in [0.25, 0.3) is 0 Å². The fourth-order valence-electron chi connectivity index (χ4n) is 1.79. The lowest BCUT2D eigenvalue weighted by atomic mass is 9.80. The predicted octanol–water partition coefficient (Wildman–Crippen LogP) is 1.42. The molecule has 74 valence electrons. The Labute approximate surface area is 78.1 Å². The molecule has 0 radical (unpaired) electrons. The van der Waals surface area contributed by atoms with Gasteiger partial charge in [0, 0.05) is 5.92 Å². The van der Waals surface area contributed by atoms with E-state index < -0.39 is 18.0 Å². The molecule has 0 unspecified atom stereocenters. The van der Waals surface area contributed by atoms with E-state index >= 15 is 0 Å². The van der Waals surface area contributed by atoms with Gasteiger partial charge >= 0.3 is 5.97 Å². The first kappa shape index (κ1) is 10.3. The van der Waals surface area contributed by atoms with Crippen LogP contribution in [0.1, 0.15) is 26.7 Å². The van der Waals surface area contributed by atoms with Crippen molar-refractivity contribution >= 4 is 5.97 Å². The monoisotopic (exact) mass is 184 g/mol. The summed E-state index contributed by atoms with van der Waals surface area (Å²) in [6.45, 7) is 3.62. The van der Waals surface area contributed by atoms with Gasteiger partial charge in [-0.3, -0.25) is 4.79 Å². The van der Waals surface area contributed by atoms with Gasteiger partial charge in [0.2, 0.25) is 0 Å². The number of aliphatic hydroxyl groups is 1. The molecule has 3 heteroatoms. The highest BCUT2D eigenvalue weighted by molar-refractivity contribution is 5.70. The number of aliphatic hydroxyl groups excluding tert-OH is 1. The molecule has 0 aromatic carbocycles. The van der Waals surface area contributed by atoms with Crippen LogP contribution in [0, 0.1) is 11.8 Å². The van der Waals surface area contributed by atoms with Gasteiger partial charge in [-0.15, -0.1) is 0 Å². The first-order valence-corrected chi connectivity index (χ1v) is 4.60. The number of carboxylic acids is 1. The van der Waals surface area contributed by atoms with E-state index in [1.54, 1.807) is 13.0 Å². The van der Waals surface area contributed by atoms with Crippen molar-refractivity contribution in [2.75, 3.05) is 0 Å². The van der Waals surface area contributed by atoms with Crippen LogP contribution in [-0.4, -0.2) is 22.3 Å². The van der Waals surface area contributed by atoms with Gasteiger partial charge in [0.1, 0.15) is 0 Å². The maximum atomic E-state index is 10.7. The van der Waals surface area contributed by atoms with Crippen molar-refractivity contribution in [1.82, 2.24) is 0 Å². The van der Waals surface area contributed by atoms with Crippen LogP contribution >= 0.6 is 0 Å². The second kappa shape index (κ2) is 3.92. The first-order chi connectivity index (χ1) is 6.02. The number of carbonyl (C=O) groups is 1. The van der Waals surface area contributed by atoms with E-state index in [0.717, 1.165) is 18.4 Å². The Kier molecular flexibility index (Phi) is 3.09. The van der Waals surface area contributed by atoms with Crippen LogP contribution < -0.4 is 0 Å². The summed E-state index contributed by atoms with van der Waals surface area (Å²) in [5, 5.41) is 18.4. The molecule has 0 bridgehead atoms. The fourth-order valence-corrected chi connectivity index (χ4v) is 1.79. The molecular weight excluding hydrogens is 168 g/mol. The van der Waals surface area contributed by atoms with E-state index in [0.29, 0.717) is 0 Å². The van der Waals surface area contributed by atoms with Crippen LogP contribution in [0.15, 0.2) is 11.6 Å². The number of allylic oxidation sites excluding steroid dienone is 1. The van der Waals surface area contributed by atoms with E-state index in [2.05, 4.69) is 0 Å². The maximum Gasteiger partial charge on any atom is 0.306 e. The molecule has 0 spiro atoms. The average molecular weight is 184 g/mol. The lowest BCUT2D eigenvalue weighted by molar-refractivity contribution is -0.144. The highest BCUT2D eigenvalue weighted by Gasteiger charge is 2.30. The molecule has 0 amide bonds. The van der Waals surface area contributed by atoms with Crippen LogP contribution in [-0.2, 0) is 4.79 Å². The number of aliphatic carboxylic acids is 1. The minimum Gasteiger partial charge on any atom is -0.481 e. The van der Waals surface area contributed by atoms with Gasteiger partial charge in [-0.2, -0.15) is 0 Å². The van der Waals surface area contributed by atoms with Gasteiger partial charge in [0.25, 0.3) is 0 Å². The topological polar surface area (TPSA) is 57.5 Å². The SMILES string of the molecule is CC1=C[C@H](O)[C@H]([C@H](C)C(=O)O)CC1. The summed E-state index contributed by atoms with van der Waals surface area (Å²) in [7, 11) is 0. The molecule has 0 aromatic rings. The predicted molar refractivity (Wildman–Crippen MR) is 49.3 cm³/mol. The standard InChI is InChI=1S/C10H16O3/c1-6-3-4-8(9(11)5-6)7(2)10(12)13/h5,7-9,11H,3-4H2,1-2H3,(H,12,13)/t7-,8-,9-/m0/s1. The highest BCUT2D eigenvalue weighted by atomic mass is 16.4. The summed E-state index contributed by atoms with van der Waals surface area (Å²) >= 11 is 0. The Morgan fingerprint density at radius 3 is 2.77 bits per heavy atom. The zero-order chi connectivity index (χ0) is 10.0. The Hall–Kier alpha value is -0.830. The Balaban J connectivity index is 2.68. The van der Waals surface area contributed by atoms with E-state index in [1.807, 2.05) is 6.92 Å². The third-order valence-corrected chi connectivity index (χ3v) is 2.80. The molecule has 1 rings (SSSR count). The van der Waals surface area contributed by atoms with Crippen molar-refractivity contribution in [3.63, 3.8) is 0 Å². The fraction of sp³-hybridized carbons (Fsp3) is 0.700. The zero-order valence-corrected chi connectivity index (χ0v) is 8.03. The molecular formula is C10H16O3. The van der Waals surface area contributed by atoms with E-state index in [1.165, 1.54) is 0 Å². The molecule has 3 atom stereocenters. The number of carboxylic acid groups (broad SMARTS) is 1. The zero-order valence-electron chi connectivity index (χ0n) is 8.03. The summed E-state index contributed by atoms with van der Waals surface area (Å²) in [4.78, 5) is 10.7. The Morgan fingerprint density at radius 1 is 1.69 bits per heavy atom. The molecule has 1 aliphatic carbocycles. The molecule has 0 aromatic heterocycles. The van der Waals surface area contributed by atoms with Crippen LogP contribution in [0.5, 0.6) is 0 Å². The molecule has 13 heavy (non-hydrogen) atoms. The molecule has 1 aliphatic rings.